The summed E-state index contributed by atoms with van der Waals surface area (Å²) in [5.74, 6) is 0.274. The number of β-amino-alcohol motifs (C(OH)–C–C–N with tert-alkyl or cyclic N) is 1. The molecule has 1 aromatic rings. The van der Waals surface area contributed by atoms with Crippen LogP contribution in [0, 0.1) is 0 Å². The molecule has 2 aliphatic rings. The average Bonchev–Trinajstić information content (AvgIpc) is 2.95. The largest absolute Gasteiger partial charge is 0.391 e. The zero-order valence-electron chi connectivity index (χ0n) is 9.76. The quantitative estimate of drug-likeness (QED) is 0.826. The van der Waals surface area contributed by atoms with Crippen molar-refractivity contribution >= 4 is 17.2 Å². The van der Waals surface area contributed by atoms with Gasteiger partial charge in [0, 0.05) is 18.0 Å². The van der Waals surface area contributed by atoms with E-state index in [9.17, 15) is 9.90 Å². The van der Waals surface area contributed by atoms with E-state index in [1.807, 2.05) is 4.90 Å². The standard InChI is InChI=1S/C13H17NO2S/c15-9-4-6-14(8-9)13(16)11-2-1-3-12-10(11)5-7-17-12/h5,7,9,11,15H,1-4,6,8H2. The molecule has 0 radical (unpaired) electrons. The zero-order valence-corrected chi connectivity index (χ0v) is 10.6. The first-order valence-corrected chi connectivity index (χ1v) is 7.17. The second-order valence-corrected chi connectivity index (χ2v) is 5.97. The highest BCUT2D eigenvalue weighted by Gasteiger charge is 2.33. The molecule has 3 rings (SSSR count). The lowest BCUT2D eigenvalue weighted by molar-refractivity contribution is -0.132. The maximum absolute atomic E-state index is 12.4. The third-order valence-corrected chi connectivity index (χ3v) is 4.82. The molecule has 1 fully saturated rings. The number of carbonyl (C=O) groups excluding carboxylic acids is 1. The fourth-order valence-electron chi connectivity index (χ4n) is 2.91. The van der Waals surface area contributed by atoms with Gasteiger partial charge in [-0.05, 0) is 42.7 Å². The molecule has 2 heterocycles. The number of fused-ring (bicyclic) bond motifs is 1. The molecule has 2 atom stereocenters. The molecular formula is C13H17NO2S. The van der Waals surface area contributed by atoms with Crippen molar-refractivity contribution in [1.29, 1.82) is 0 Å². The van der Waals surface area contributed by atoms with Gasteiger partial charge in [-0.1, -0.05) is 0 Å². The maximum Gasteiger partial charge on any atom is 0.230 e. The van der Waals surface area contributed by atoms with E-state index in [0.717, 1.165) is 32.2 Å². The Morgan fingerprint density at radius 1 is 1.47 bits per heavy atom. The van der Waals surface area contributed by atoms with Gasteiger partial charge in [-0.3, -0.25) is 4.79 Å². The van der Waals surface area contributed by atoms with Crippen LogP contribution in [0.3, 0.4) is 0 Å². The molecule has 0 spiro atoms. The Morgan fingerprint density at radius 3 is 3.12 bits per heavy atom. The predicted molar refractivity (Wildman–Crippen MR) is 67.2 cm³/mol. The average molecular weight is 251 g/mol. The van der Waals surface area contributed by atoms with Crippen molar-refractivity contribution in [2.45, 2.75) is 37.7 Å². The summed E-state index contributed by atoms with van der Waals surface area (Å²) in [5, 5.41) is 11.6. The highest BCUT2D eigenvalue weighted by molar-refractivity contribution is 7.10. The minimum atomic E-state index is -0.315. The SMILES string of the molecule is O=C(C1CCCc2sccc21)N1CCC(O)C1. The Kier molecular flexibility index (Phi) is 2.92. The summed E-state index contributed by atoms with van der Waals surface area (Å²) in [6, 6.07) is 2.11. The van der Waals surface area contributed by atoms with E-state index in [1.54, 1.807) is 11.3 Å². The summed E-state index contributed by atoms with van der Waals surface area (Å²) in [6.07, 6.45) is 3.62. The molecule has 1 saturated heterocycles. The molecule has 1 aliphatic carbocycles. The van der Waals surface area contributed by atoms with E-state index in [4.69, 9.17) is 0 Å². The molecule has 92 valence electrons. The van der Waals surface area contributed by atoms with Crippen LogP contribution in [0.25, 0.3) is 0 Å². The first-order valence-electron chi connectivity index (χ1n) is 6.29. The first-order chi connectivity index (χ1) is 8.25. The van der Waals surface area contributed by atoms with Crippen LogP contribution >= 0.6 is 11.3 Å². The van der Waals surface area contributed by atoms with Crippen molar-refractivity contribution in [3.05, 3.63) is 21.9 Å². The monoisotopic (exact) mass is 251 g/mol. The Hall–Kier alpha value is -0.870. The van der Waals surface area contributed by atoms with Gasteiger partial charge in [0.2, 0.25) is 5.91 Å². The minimum Gasteiger partial charge on any atom is -0.391 e. The van der Waals surface area contributed by atoms with Crippen LogP contribution in [0.4, 0.5) is 0 Å². The normalized spacial score (nSPS) is 28.2. The molecule has 3 nitrogen and oxygen atoms in total. The van der Waals surface area contributed by atoms with Crippen molar-refractivity contribution < 1.29 is 9.90 Å². The molecule has 4 heteroatoms. The fourth-order valence-corrected chi connectivity index (χ4v) is 3.89. The van der Waals surface area contributed by atoms with E-state index in [2.05, 4.69) is 11.4 Å². The Bertz CT molecular complexity index is 429. The number of thiophene rings is 1. The van der Waals surface area contributed by atoms with E-state index in [1.165, 1.54) is 10.4 Å². The van der Waals surface area contributed by atoms with Crippen LogP contribution in [0.5, 0.6) is 0 Å². The van der Waals surface area contributed by atoms with E-state index in [0.29, 0.717) is 6.54 Å². The minimum absolute atomic E-state index is 0.0512. The second kappa shape index (κ2) is 4.42. The summed E-state index contributed by atoms with van der Waals surface area (Å²) < 4.78 is 0. The highest BCUT2D eigenvalue weighted by Crippen LogP contribution is 2.36. The number of carbonyl (C=O) groups is 1. The molecule has 1 aromatic heterocycles. The summed E-state index contributed by atoms with van der Waals surface area (Å²) in [5.41, 5.74) is 1.24. The molecule has 17 heavy (non-hydrogen) atoms. The number of aliphatic hydroxyl groups is 1. The van der Waals surface area contributed by atoms with Crippen molar-refractivity contribution in [1.82, 2.24) is 4.90 Å². The van der Waals surface area contributed by atoms with Gasteiger partial charge in [-0.15, -0.1) is 11.3 Å². The molecule has 0 aromatic carbocycles. The second-order valence-electron chi connectivity index (χ2n) is 4.97. The number of hydrogen-bond donors (Lipinski definition) is 1. The molecular weight excluding hydrogens is 234 g/mol. The van der Waals surface area contributed by atoms with Gasteiger partial charge in [-0.2, -0.15) is 0 Å². The van der Waals surface area contributed by atoms with Gasteiger partial charge >= 0.3 is 0 Å². The number of likely N-dealkylation sites (tertiary alicyclic amines) is 1. The van der Waals surface area contributed by atoms with Crippen LogP contribution in [0.2, 0.25) is 0 Å². The predicted octanol–water partition coefficient (Wildman–Crippen LogP) is 1.76. The summed E-state index contributed by atoms with van der Waals surface area (Å²) >= 11 is 1.77. The van der Waals surface area contributed by atoms with Gasteiger partial charge in [0.1, 0.15) is 0 Å². The van der Waals surface area contributed by atoms with Crippen molar-refractivity contribution in [3.63, 3.8) is 0 Å². The molecule has 1 amide bonds. The Morgan fingerprint density at radius 2 is 2.35 bits per heavy atom. The molecule has 0 saturated carbocycles. The number of aryl methyl sites for hydroxylation is 1. The van der Waals surface area contributed by atoms with Crippen molar-refractivity contribution in [3.8, 4) is 0 Å². The third kappa shape index (κ3) is 2.00. The molecule has 2 unspecified atom stereocenters. The Balaban J connectivity index is 1.80. The fraction of sp³-hybridized carbons (Fsp3) is 0.615. The molecule has 0 bridgehead atoms. The highest BCUT2D eigenvalue weighted by atomic mass is 32.1. The van der Waals surface area contributed by atoms with Crippen molar-refractivity contribution in [2.75, 3.05) is 13.1 Å². The van der Waals surface area contributed by atoms with E-state index >= 15 is 0 Å². The summed E-state index contributed by atoms with van der Waals surface area (Å²) in [7, 11) is 0. The number of amides is 1. The van der Waals surface area contributed by atoms with E-state index < -0.39 is 0 Å². The third-order valence-electron chi connectivity index (χ3n) is 3.83. The van der Waals surface area contributed by atoms with Crippen molar-refractivity contribution in [2.24, 2.45) is 0 Å². The van der Waals surface area contributed by atoms with Gasteiger partial charge in [0.15, 0.2) is 0 Å². The topological polar surface area (TPSA) is 40.5 Å². The number of rotatable bonds is 1. The lowest BCUT2D eigenvalue weighted by atomic mass is 9.87. The molecule has 1 N–H and O–H groups in total. The first kappa shape index (κ1) is 11.2. The van der Waals surface area contributed by atoms with Gasteiger partial charge in [-0.25, -0.2) is 0 Å². The summed E-state index contributed by atoms with van der Waals surface area (Å²) in [6.45, 7) is 1.24. The Labute approximate surface area is 105 Å². The number of nitrogens with zero attached hydrogens (tertiary/aromatic N) is 1. The van der Waals surface area contributed by atoms with Crippen LogP contribution in [-0.2, 0) is 11.2 Å². The van der Waals surface area contributed by atoms with Gasteiger partial charge < -0.3 is 10.0 Å². The van der Waals surface area contributed by atoms with Crippen LogP contribution < -0.4 is 0 Å². The van der Waals surface area contributed by atoms with Crippen LogP contribution in [-0.4, -0.2) is 35.1 Å². The maximum atomic E-state index is 12.4. The lowest BCUT2D eigenvalue weighted by Crippen LogP contribution is -2.35. The van der Waals surface area contributed by atoms with Gasteiger partial charge in [0.05, 0.1) is 12.0 Å². The zero-order chi connectivity index (χ0) is 11.8. The number of hydrogen-bond acceptors (Lipinski definition) is 3. The van der Waals surface area contributed by atoms with Crippen LogP contribution in [0.1, 0.15) is 35.6 Å². The number of aliphatic hydroxyl groups excluding tert-OH is 1. The molecule has 1 aliphatic heterocycles. The van der Waals surface area contributed by atoms with Gasteiger partial charge in [0.25, 0.3) is 0 Å². The summed E-state index contributed by atoms with van der Waals surface area (Å²) in [4.78, 5) is 15.6. The smallest absolute Gasteiger partial charge is 0.230 e. The van der Waals surface area contributed by atoms with E-state index in [-0.39, 0.29) is 17.9 Å². The lowest BCUT2D eigenvalue weighted by Gasteiger charge is -2.26. The van der Waals surface area contributed by atoms with Crippen LogP contribution in [0.15, 0.2) is 11.4 Å².